The van der Waals surface area contributed by atoms with Gasteiger partial charge in [0.2, 0.25) is 0 Å². The van der Waals surface area contributed by atoms with Crippen molar-refractivity contribution < 1.29 is 13.3 Å². The molecule has 0 spiro atoms. The van der Waals surface area contributed by atoms with Gasteiger partial charge in [-0.1, -0.05) is 27.7 Å². The van der Waals surface area contributed by atoms with Crippen LogP contribution in [0.25, 0.3) is 0 Å². The maximum Gasteiger partial charge on any atom is 0.367 e. The SMILES string of the molecule is CCCP(=O)(F)OC1CCC(C)CC1C(C)C. The van der Waals surface area contributed by atoms with E-state index in [-0.39, 0.29) is 12.3 Å². The Kier molecular flexibility index (Phi) is 5.66. The van der Waals surface area contributed by atoms with Crippen molar-refractivity contribution in [1.82, 2.24) is 0 Å². The highest BCUT2D eigenvalue weighted by molar-refractivity contribution is 7.53. The molecule has 1 rings (SSSR count). The lowest BCUT2D eigenvalue weighted by Gasteiger charge is -2.37. The number of hydrogen-bond acceptors (Lipinski definition) is 2. The zero-order valence-corrected chi connectivity index (χ0v) is 12.4. The van der Waals surface area contributed by atoms with Gasteiger partial charge in [-0.25, -0.2) is 0 Å². The van der Waals surface area contributed by atoms with Gasteiger partial charge in [0.15, 0.2) is 0 Å². The Balaban J connectivity index is 2.64. The van der Waals surface area contributed by atoms with Gasteiger partial charge >= 0.3 is 7.68 Å². The Labute approximate surface area is 105 Å². The molecule has 0 heterocycles. The van der Waals surface area contributed by atoms with E-state index in [0.717, 1.165) is 19.3 Å². The molecule has 0 aromatic heterocycles. The number of hydrogen-bond donors (Lipinski definition) is 0. The summed E-state index contributed by atoms with van der Waals surface area (Å²) in [6.07, 6.45) is 3.46. The molecule has 0 aliphatic heterocycles. The lowest BCUT2D eigenvalue weighted by molar-refractivity contribution is 0.0438. The lowest BCUT2D eigenvalue weighted by Crippen LogP contribution is -2.33. The Morgan fingerprint density at radius 2 is 2.06 bits per heavy atom. The van der Waals surface area contributed by atoms with E-state index in [2.05, 4.69) is 20.8 Å². The van der Waals surface area contributed by atoms with Gasteiger partial charge < -0.3 is 4.52 Å². The van der Waals surface area contributed by atoms with Gasteiger partial charge in [0.25, 0.3) is 0 Å². The van der Waals surface area contributed by atoms with Crippen LogP contribution in [0.15, 0.2) is 0 Å². The van der Waals surface area contributed by atoms with E-state index in [1.54, 1.807) is 0 Å². The summed E-state index contributed by atoms with van der Waals surface area (Å²) in [4.78, 5) is 0. The Morgan fingerprint density at radius 1 is 1.41 bits per heavy atom. The van der Waals surface area contributed by atoms with Crippen molar-refractivity contribution in [3.8, 4) is 0 Å². The van der Waals surface area contributed by atoms with Gasteiger partial charge in [-0.15, -0.1) is 0 Å². The van der Waals surface area contributed by atoms with Crippen LogP contribution in [0.2, 0.25) is 0 Å². The molecule has 0 N–H and O–H groups in total. The minimum Gasteiger partial charge on any atom is -0.302 e. The van der Waals surface area contributed by atoms with Crippen LogP contribution in [-0.2, 0) is 9.09 Å². The predicted octanol–water partition coefficient (Wildman–Crippen LogP) is 5.04. The highest BCUT2D eigenvalue weighted by atomic mass is 31.2. The molecule has 0 amide bonds. The van der Waals surface area contributed by atoms with Crippen molar-refractivity contribution in [1.29, 1.82) is 0 Å². The van der Waals surface area contributed by atoms with Gasteiger partial charge in [0, 0.05) is 0 Å². The first kappa shape index (κ1) is 15.2. The molecule has 0 radical (unpaired) electrons. The van der Waals surface area contributed by atoms with Gasteiger partial charge in [0.05, 0.1) is 12.3 Å². The lowest BCUT2D eigenvalue weighted by atomic mass is 9.75. The molecule has 1 fully saturated rings. The smallest absolute Gasteiger partial charge is 0.302 e. The van der Waals surface area contributed by atoms with Gasteiger partial charge in [0.1, 0.15) is 0 Å². The molecule has 4 unspecified atom stereocenters. The van der Waals surface area contributed by atoms with Crippen molar-refractivity contribution >= 4 is 7.68 Å². The summed E-state index contributed by atoms with van der Waals surface area (Å²) in [6, 6.07) is 0. The second-order valence-corrected chi connectivity index (χ2v) is 7.62. The highest BCUT2D eigenvalue weighted by Gasteiger charge is 2.36. The summed E-state index contributed by atoms with van der Waals surface area (Å²) in [7, 11) is -3.86. The maximum atomic E-state index is 13.7. The van der Waals surface area contributed by atoms with Crippen molar-refractivity contribution in [2.24, 2.45) is 17.8 Å². The summed E-state index contributed by atoms with van der Waals surface area (Å²) >= 11 is 0. The minimum absolute atomic E-state index is 0.0594. The first-order valence-electron chi connectivity index (χ1n) is 6.82. The Bertz CT molecular complexity index is 281. The predicted molar refractivity (Wildman–Crippen MR) is 70.1 cm³/mol. The second kappa shape index (κ2) is 6.33. The monoisotopic (exact) mass is 264 g/mol. The highest BCUT2D eigenvalue weighted by Crippen LogP contribution is 2.53. The molecule has 102 valence electrons. The molecule has 0 saturated heterocycles. The molecular weight excluding hydrogens is 238 g/mol. The zero-order chi connectivity index (χ0) is 13.1. The molecule has 1 saturated carbocycles. The largest absolute Gasteiger partial charge is 0.367 e. The van der Waals surface area contributed by atoms with Crippen LogP contribution in [0.1, 0.15) is 53.4 Å². The normalized spacial score (nSPS) is 33.6. The molecule has 4 atom stereocenters. The third-order valence-electron chi connectivity index (χ3n) is 3.74. The van der Waals surface area contributed by atoms with E-state index in [9.17, 15) is 8.76 Å². The summed E-state index contributed by atoms with van der Waals surface area (Å²) in [5.74, 6) is 1.48. The van der Waals surface area contributed by atoms with Gasteiger partial charge in [-0.05, 0) is 43.4 Å². The molecule has 4 heteroatoms. The van der Waals surface area contributed by atoms with Crippen LogP contribution in [0.4, 0.5) is 4.20 Å². The average Bonchev–Trinajstić information content (AvgIpc) is 2.20. The molecule has 1 aliphatic rings. The summed E-state index contributed by atoms with van der Waals surface area (Å²) in [6.45, 7) is 8.34. The maximum absolute atomic E-state index is 13.7. The van der Waals surface area contributed by atoms with Crippen LogP contribution in [-0.4, -0.2) is 12.3 Å². The van der Waals surface area contributed by atoms with Crippen LogP contribution < -0.4 is 0 Å². The third kappa shape index (κ3) is 4.71. The summed E-state index contributed by atoms with van der Waals surface area (Å²) in [5, 5.41) is 0. The van der Waals surface area contributed by atoms with Crippen molar-refractivity contribution in [2.45, 2.75) is 59.5 Å². The first-order chi connectivity index (χ1) is 7.85. The van der Waals surface area contributed by atoms with E-state index in [1.807, 2.05) is 6.92 Å². The zero-order valence-electron chi connectivity index (χ0n) is 11.5. The minimum atomic E-state index is -3.86. The second-order valence-electron chi connectivity index (χ2n) is 5.78. The quantitative estimate of drug-likeness (QED) is 0.650. The Hall–Kier alpha value is 0.120. The molecular formula is C13H26FO2P. The van der Waals surface area contributed by atoms with Gasteiger partial charge in [-0.3, -0.25) is 4.57 Å². The van der Waals surface area contributed by atoms with Crippen molar-refractivity contribution in [3.05, 3.63) is 0 Å². The van der Waals surface area contributed by atoms with Crippen molar-refractivity contribution in [3.63, 3.8) is 0 Å². The van der Waals surface area contributed by atoms with Crippen LogP contribution in [0, 0.1) is 17.8 Å². The van der Waals surface area contributed by atoms with Crippen LogP contribution in [0.3, 0.4) is 0 Å². The van der Waals surface area contributed by atoms with Crippen molar-refractivity contribution in [2.75, 3.05) is 6.16 Å². The van der Waals surface area contributed by atoms with Crippen LogP contribution in [0.5, 0.6) is 0 Å². The molecule has 1 aliphatic carbocycles. The topological polar surface area (TPSA) is 26.3 Å². The number of rotatable bonds is 5. The third-order valence-corrected chi connectivity index (χ3v) is 5.30. The summed E-state index contributed by atoms with van der Waals surface area (Å²) in [5.41, 5.74) is 0. The van der Waals surface area contributed by atoms with E-state index in [4.69, 9.17) is 4.52 Å². The fraction of sp³-hybridized carbons (Fsp3) is 1.00. The molecule has 0 aromatic rings. The summed E-state index contributed by atoms with van der Waals surface area (Å²) < 4.78 is 30.7. The average molecular weight is 264 g/mol. The van der Waals surface area contributed by atoms with E-state index >= 15 is 0 Å². The first-order valence-corrected chi connectivity index (χ1v) is 8.53. The molecule has 2 nitrogen and oxygen atoms in total. The Morgan fingerprint density at radius 3 is 2.59 bits per heavy atom. The molecule has 0 aromatic carbocycles. The van der Waals surface area contributed by atoms with E-state index < -0.39 is 7.68 Å². The fourth-order valence-electron chi connectivity index (χ4n) is 2.75. The molecule has 17 heavy (non-hydrogen) atoms. The number of halogens is 1. The van der Waals surface area contributed by atoms with E-state index in [0.29, 0.717) is 24.2 Å². The molecule has 0 bridgehead atoms. The van der Waals surface area contributed by atoms with E-state index in [1.165, 1.54) is 0 Å². The van der Waals surface area contributed by atoms with Gasteiger partial charge in [-0.2, -0.15) is 4.20 Å². The van der Waals surface area contributed by atoms with Crippen LogP contribution >= 0.6 is 7.68 Å². The fourth-order valence-corrected chi connectivity index (χ4v) is 4.06. The standard InChI is InChI=1S/C13H26FO2P/c1-5-8-17(14,15)16-13-7-6-11(4)9-12(13)10(2)3/h10-13H,5-9H2,1-4H3.